The summed E-state index contributed by atoms with van der Waals surface area (Å²) < 4.78 is 0. The van der Waals surface area contributed by atoms with Gasteiger partial charge in [0.15, 0.2) is 0 Å². The first-order valence-electron chi connectivity index (χ1n) is 5.25. The molecule has 0 radical (unpaired) electrons. The van der Waals surface area contributed by atoms with Crippen LogP contribution < -0.4 is 5.73 Å². The van der Waals surface area contributed by atoms with Crippen LogP contribution in [0.4, 0.5) is 5.95 Å². The molecular weight excluding hydrogens is 212 g/mol. The lowest BCUT2D eigenvalue weighted by Gasteiger charge is -2.02. The van der Waals surface area contributed by atoms with E-state index >= 15 is 0 Å². The smallest absolute Gasteiger partial charge is 0.219 e. The van der Waals surface area contributed by atoms with Crippen molar-refractivity contribution in [1.29, 1.82) is 0 Å². The third-order valence-corrected chi connectivity index (χ3v) is 2.61. The molecule has 0 aliphatic carbocycles. The molecule has 3 aromatic rings. The molecule has 0 fully saturated rings. The Balaban J connectivity index is 2.14. The number of aromatic nitrogens is 3. The van der Waals surface area contributed by atoms with Gasteiger partial charge in [0.2, 0.25) is 5.95 Å². The zero-order valence-corrected chi connectivity index (χ0v) is 9.04. The predicted molar refractivity (Wildman–Crippen MR) is 67.2 cm³/mol. The van der Waals surface area contributed by atoms with Gasteiger partial charge in [0.05, 0.1) is 5.52 Å². The van der Waals surface area contributed by atoms with Crippen LogP contribution in [-0.2, 0) is 0 Å². The van der Waals surface area contributed by atoms with Gasteiger partial charge >= 0.3 is 0 Å². The topological polar surface area (TPSA) is 64.7 Å². The number of nitrogens with two attached hydrogens (primary N) is 1. The molecule has 2 aromatic heterocycles. The second-order valence-electron chi connectivity index (χ2n) is 3.74. The summed E-state index contributed by atoms with van der Waals surface area (Å²) in [5.41, 5.74) is 8.40. The first-order chi connectivity index (χ1) is 8.33. The second kappa shape index (κ2) is 3.83. The number of nitrogens with zero attached hydrogens (tertiary/aromatic N) is 3. The molecule has 82 valence electrons. The van der Waals surface area contributed by atoms with E-state index in [0.29, 0.717) is 0 Å². The highest BCUT2D eigenvalue weighted by molar-refractivity contribution is 5.83. The molecule has 0 atom stereocenters. The Hall–Kier alpha value is -2.49. The van der Waals surface area contributed by atoms with Gasteiger partial charge in [-0.15, -0.1) is 0 Å². The maximum absolute atomic E-state index is 5.46. The first kappa shape index (κ1) is 9.72. The number of benzene rings is 1. The minimum atomic E-state index is 0.285. The molecule has 0 unspecified atom stereocenters. The van der Waals surface area contributed by atoms with E-state index < -0.39 is 0 Å². The van der Waals surface area contributed by atoms with Crippen LogP contribution >= 0.6 is 0 Å². The molecule has 17 heavy (non-hydrogen) atoms. The fourth-order valence-electron chi connectivity index (χ4n) is 1.73. The largest absolute Gasteiger partial charge is 0.368 e. The Morgan fingerprint density at radius 3 is 2.53 bits per heavy atom. The number of rotatable bonds is 1. The molecule has 0 bridgehead atoms. The summed E-state index contributed by atoms with van der Waals surface area (Å²) >= 11 is 0. The fraction of sp³-hybridized carbons (Fsp3) is 0. The van der Waals surface area contributed by atoms with E-state index in [2.05, 4.69) is 15.0 Å². The molecule has 1 aromatic carbocycles. The Morgan fingerprint density at radius 2 is 1.71 bits per heavy atom. The standard InChI is InChI=1S/C13H10N4/c14-13-16-7-11(8-17-13)10-4-3-9-2-1-5-15-12(9)6-10/h1-8H,(H2,14,16,17). The third-order valence-electron chi connectivity index (χ3n) is 2.61. The van der Waals surface area contributed by atoms with Crippen molar-refractivity contribution in [3.05, 3.63) is 48.9 Å². The highest BCUT2D eigenvalue weighted by atomic mass is 15.0. The van der Waals surface area contributed by atoms with Crippen LogP contribution in [0, 0.1) is 0 Å². The van der Waals surface area contributed by atoms with Crippen LogP contribution in [0.1, 0.15) is 0 Å². The van der Waals surface area contributed by atoms with E-state index in [-0.39, 0.29) is 5.95 Å². The van der Waals surface area contributed by atoms with Crippen molar-refractivity contribution in [3.63, 3.8) is 0 Å². The van der Waals surface area contributed by atoms with Gasteiger partial charge in [-0.25, -0.2) is 9.97 Å². The van der Waals surface area contributed by atoms with Crippen molar-refractivity contribution in [2.45, 2.75) is 0 Å². The Kier molecular flexibility index (Phi) is 2.19. The summed E-state index contributed by atoms with van der Waals surface area (Å²) in [5, 5.41) is 1.12. The average molecular weight is 222 g/mol. The van der Waals surface area contributed by atoms with Gasteiger partial charge in [-0.3, -0.25) is 4.98 Å². The van der Waals surface area contributed by atoms with Crippen LogP contribution in [0.2, 0.25) is 0 Å². The van der Waals surface area contributed by atoms with Crippen LogP contribution in [0.25, 0.3) is 22.0 Å². The van der Waals surface area contributed by atoms with Crippen molar-refractivity contribution >= 4 is 16.9 Å². The molecule has 2 N–H and O–H groups in total. The lowest BCUT2D eigenvalue weighted by molar-refractivity contribution is 1.19. The summed E-state index contributed by atoms with van der Waals surface area (Å²) in [7, 11) is 0. The summed E-state index contributed by atoms with van der Waals surface area (Å²) in [5.74, 6) is 0.285. The first-order valence-corrected chi connectivity index (χ1v) is 5.25. The molecule has 0 spiro atoms. The van der Waals surface area contributed by atoms with E-state index in [9.17, 15) is 0 Å². The number of pyridine rings is 1. The minimum Gasteiger partial charge on any atom is -0.368 e. The molecule has 3 rings (SSSR count). The summed E-state index contributed by atoms with van der Waals surface area (Å²) in [4.78, 5) is 12.3. The highest BCUT2D eigenvalue weighted by Gasteiger charge is 2.01. The van der Waals surface area contributed by atoms with Crippen LogP contribution in [0.5, 0.6) is 0 Å². The van der Waals surface area contributed by atoms with Crippen LogP contribution in [0.15, 0.2) is 48.9 Å². The Bertz CT molecular complexity index is 662. The molecular formula is C13H10N4. The zero-order chi connectivity index (χ0) is 11.7. The van der Waals surface area contributed by atoms with Crippen molar-refractivity contribution in [3.8, 4) is 11.1 Å². The average Bonchev–Trinajstić information content (AvgIpc) is 2.39. The lowest BCUT2D eigenvalue weighted by Crippen LogP contribution is -1.93. The molecule has 0 saturated carbocycles. The Morgan fingerprint density at radius 1 is 0.882 bits per heavy atom. The van der Waals surface area contributed by atoms with Crippen LogP contribution in [-0.4, -0.2) is 15.0 Å². The summed E-state index contributed by atoms with van der Waals surface area (Å²) in [6, 6.07) is 10.0. The van der Waals surface area contributed by atoms with Gasteiger partial charge in [-0.1, -0.05) is 18.2 Å². The lowest BCUT2D eigenvalue weighted by atomic mass is 10.1. The van der Waals surface area contributed by atoms with Gasteiger partial charge in [-0.2, -0.15) is 0 Å². The molecule has 0 aliphatic heterocycles. The Labute approximate surface area is 98.2 Å². The monoisotopic (exact) mass is 222 g/mol. The highest BCUT2D eigenvalue weighted by Crippen LogP contribution is 2.22. The van der Waals surface area contributed by atoms with Gasteiger partial charge in [0, 0.05) is 29.5 Å². The number of hydrogen-bond acceptors (Lipinski definition) is 4. The van der Waals surface area contributed by atoms with Crippen molar-refractivity contribution in [1.82, 2.24) is 15.0 Å². The third kappa shape index (κ3) is 1.80. The minimum absolute atomic E-state index is 0.285. The fourth-order valence-corrected chi connectivity index (χ4v) is 1.73. The molecule has 4 nitrogen and oxygen atoms in total. The van der Waals surface area contributed by atoms with Gasteiger partial charge < -0.3 is 5.73 Å². The molecule has 0 saturated heterocycles. The maximum atomic E-state index is 5.46. The van der Waals surface area contributed by atoms with E-state index in [4.69, 9.17) is 5.73 Å². The van der Waals surface area contributed by atoms with Gasteiger partial charge in [-0.05, 0) is 17.7 Å². The zero-order valence-electron chi connectivity index (χ0n) is 9.04. The van der Waals surface area contributed by atoms with E-state index in [1.54, 1.807) is 18.6 Å². The second-order valence-corrected chi connectivity index (χ2v) is 3.74. The van der Waals surface area contributed by atoms with Gasteiger partial charge in [0.1, 0.15) is 0 Å². The number of anilines is 1. The number of hydrogen-bond donors (Lipinski definition) is 1. The SMILES string of the molecule is Nc1ncc(-c2ccc3cccnc3c2)cn1. The van der Waals surface area contributed by atoms with Crippen molar-refractivity contribution in [2.75, 3.05) is 5.73 Å². The molecule has 0 amide bonds. The molecule has 0 aliphatic rings. The number of fused-ring (bicyclic) bond motifs is 1. The van der Waals surface area contributed by atoms with Crippen molar-refractivity contribution in [2.24, 2.45) is 0 Å². The van der Waals surface area contributed by atoms with E-state index in [1.807, 2.05) is 30.3 Å². The normalized spacial score (nSPS) is 10.6. The summed E-state index contributed by atoms with van der Waals surface area (Å²) in [6.45, 7) is 0. The molecule has 4 heteroatoms. The van der Waals surface area contributed by atoms with Crippen molar-refractivity contribution < 1.29 is 0 Å². The van der Waals surface area contributed by atoms with Gasteiger partial charge in [0.25, 0.3) is 0 Å². The summed E-state index contributed by atoms with van der Waals surface area (Å²) in [6.07, 6.45) is 5.21. The molecule has 2 heterocycles. The van der Waals surface area contributed by atoms with Crippen LogP contribution in [0.3, 0.4) is 0 Å². The van der Waals surface area contributed by atoms with E-state index in [1.165, 1.54) is 0 Å². The number of nitrogen functional groups attached to an aromatic ring is 1. The quantitative estimate of drug-likeness (QED) is 0.686. The maximum Gasteiger partial charge on any atom is 0.219 e. The van der Waals surface area contributed by atoms with E-state index in [0.717, 1.165) is 22.0 Å². The predicted octanol–water partition coefficient (Wildman–Crippen LogP) is 2.27.